The molecule has 0 spiro atoms. The quantitative estimate of drug-likeness (QED) is 0.177. The Morgan fingerprint density at radius 2 is 1.48 bits per heavy atom. The monoisotopic (exact) mass is 591 g/mol. The van der Waals surface area contributed by atoms with Crippen LogP contribution in [0.25, 0.3) is 10.6 Å². The van der Waals surface area contributed by atoms with Crippen LogP contribution in [-0.4, -0.2) is 32.3 Å². The highest BCUT2D eigenvalue weighted by Gasteiger charge is 2.18. The molecule has 0 radical (unpaired) electrons. The van der Waals surface area contributed by atoms with Crippen LogP contribution in [0.3, 0.4) is 0 Å². The van der Waals surface area contributed by atoms with Crippen molar-refractivity contribution in [3.63, 3.8) is 0 Å². The van der Waals surface area contributed by atoms with Gasteiger partial charge in [0.25, 0.3) is 0 Å². The highest BCUT2D eigenvalue weighted by atomic mass is 35.5. The second-order valence-corrected chi connectivity index (χ2v) is 10.3. The molecule has 0 fully saturated rings. The van der Waals surface area contributed by atoms with Crippen molar-refractivity contribution >= 4 is 57.3 Å². The van der Waals surface area contributed by atoms with Gasteiger partial charge in [-0.15, -0.1) is 10.2 Å². The molecule has 1 aromatic heterocycles. The van der Waals surface area contributed by atoms with Gasteiger partial charge >= 0.3 is 11.9 Å². The molecule has 1 heterocycles. The minimum absolute atomic E-state index is 0.127. The van der Waals surface area contributed by atoms with Gasteiger partial charge in [0.15, 0.2) is 0 Å². The van der Waals surface area contributed by atoms with E-state index in [0.717, 1.165) is 16.8 Å². The van der Waals surface area contributed by atoms with Crippen LogP contribution in [-0.2, 0) is 6.54 Å². The van der Waals surface area contributed by atoms with E-state index in [1.807, 2.05) is 23.1 Å². The number of halogens is 2. The first-order valence-corrected chi connectivity index (χ1v) is 13.3. The molecule has 4 aromatic carbocycles. The molecule has 0 saturated heterocycles. The van der Waals surface area contributed by atoms with Crippen molar-refractivity contribution in [2.24, 2.45) is 0 Å². The lowest BCUT2D eigenvalue weighted by atomic mass is 10.1. The fourth-order valence-corrected chi connectivity index (χ4v) is 4.97. The van der Waals surface area contributed by atoms with Crippen LogP contribution in [0.1, 0.15) is 26.3 Å². The number of nitrogens with zero attached hydrogens (tertiary/aromatic N) is 3. The number of anilines is 2. The first-order chi connectivity index (χ1) is 19.3. The van der Waals surface area contributed by atoms with Crippen molar-refractivity contribution in [2.45, 2.75) is 6.54 Å². The summed E-state index contributed by atoms with van der Waals surface area (Å²) in [6, 6.07) is 25.3. The molecule has 5 aromatic rings. The Kier molecular flexibility index (Phi) is 7.97. The van der Waals surface area contributed by atoms with Crippen LogP contribution >= 0.6 is 34.5 Å². The van der Waals surface area contributed by atoms with Crippen molar-refractivity contribution in [2.75, 3.05) is 4.90 Å². The summed E-state index contributed by atoms with van der Waals surface area (Å²) >= 11 is 13.8. The van der Waals surface area contributed by atoms with Crippen molar-refractivity contribution in [3.05, 3.63) is 118 Å². The number of ether oxygens (including phenoxy) is 1. The second kappa shape index (κ2) is 11.7. The summed E-state index contributed by atoms with van der Waals surface area (Å²) in [5, 5.41) is 29.3. The Labute approximate surface area is 242 Å². The minimum atomic E-state index is -1.04. The molecule has 8 nitrogen and oxygen atoms in total. The number of carboxylic acid groups (broad SMARTS) is 2. The van der Waals surface area contributed by atoms with Crippen LogP contribution in [0.15, 0.2) is 91.0 Å². The lowest BCUT2D eigenvalue weighted by Gasteiger charge is -2.22. The zero-order chi connectivity index (χ0) is 28.2. The maximum Gasteiger partial charge on any atom is 0.335 e. The summed E-state index contributed by atoms with van der Waals surface area (Å²) in [5.41, 5.74) is 2.67. The van der Waals surface area contributed by atoms with E-state index < -0.39 is 11.9 Å². The molecule has 0 atom stereocenters. The molecule has 0 bridgehead atoms. The normalized spacial score (nSPS) is 10.8. The van der Waals surface area contributed by atoms with Crippen LogP contribution in [0.4, 0.5) is 10.8 Å². The van der Waals surface area contributed by atoms with E-state index >= 15 is 0 Å². The highest BCUT2D eigenvalue weighted by molar-refractivity contribution is 7.18. The summed E-state index contributed by atoms with van der Waals surface area (Å²) in [6.07, 6.45) is 0. The lowest BCUT2D eigenvalue weighted by Crippen LogP contribution is -2.16. The predicted molar refractivity (Wildman–Crippen MR) is 155 cm³/mol. The van der Waals surface area contributed by atoms with Gasteiger partial charge in [-0.25, -0.2) is 9.59 Å². The molecule has 11 heteroatoms. The third-order valence-electron chi connectivity index (χ3n) is 5.80. The van der Waals surface area contributed by atoms with Crippen molar-refractivity contribution in [1.82, 2.24) is 10.2 Å². The smallest absolute Gasteiger partial charge is 0.335 e. The van der Waals surface area contributed by atoms with E-state index in [-0.39, 0.29) is 11.1 Å². The van der Waals surface area contributed by atoms with E-state index in [1.165, 1.54) is 23.5 Å². The molecule has 0 amide bonds. The van der Waals surface area contributed by atoms with E-state index in [2.05, 4.69) is 10.2 Å². The van der Waals surface area contributed by atoms with E-state index in [0.29, 0.717) is 38.2 Å². The Balaban J connectivity index is 1.44. The average molecular weight is 592 g/mol. The number of hydrogen-bond acceptors (Lipinski definition) is 7. The van der Waals surface area contributed by atoms with Gasteiger partial charge in [-0.3, -0.25) is 0 Å². The largest absolute Gasteiger partial charge is 0.478 e. The standard InChI is InChI=1S/C29H19Cl2N3O5S/c30-24-12-11-21(15-25(24)31)34(16-17-7-9-18(10-8-17)27(35)36)29-33-32-26(40-29)19-3-1-5-22(13-19)39-23-6-2-4-20(14-23)28(37)38/h1-15H,16H2,(H,35,36)(H,37,38). The maximum atomic E-state index is 11.3. The fraction of sp³-hybridized carbons (Fsp3) is 0.0345. The van der Waals surface area contributed by atoms with Gasteiger partial charge in [0, 0.05) is 11.3 Å². The highest BCUT2D eigenvalue weighted by Crippen LogP contribution is 2.37. The first-order valence-electron chi connectivity index (χ1n) is 11.8. The summed E-state index contributed by atoms with van der Waals surface area (Å²) in [5.74, 6) is -1.13. The number of carbonyl (C=O) groups is 2. The second-order valence-electron chi connectivity index (χ2n) is 8.54. The molecular formula is C29H19Cl2N3O5S. The van der Waals surface area contributed by atoms with Gasteiger partial charge in [-0.1, -0.05) is 64.9 Å². The summed E-state index contributed by atoms with van der Waals surface area (Å²) in [6.45, 7) is 0.371. The Bertz CT molecular complexity index is 1710. The topological polar surface area (TPSA) is 113 Å². The Morgan fingerprint density at radius 3 is 2.17 bits per heavy atom. The first kappa shape index (κ1) is 27.1. The number of hydrogen-bond donors (Lipinski definition) is 2. The van der Waals surface area contributed by atoms with Gasteiger partial charge in [0.2, 0.25) is 5.13 Å². The van der Waals surface area contributed by atoms with Gasteiger partial charge in [0.1, 0.15) is 16.5 Å². The molecule has 2 N–H and O–H groups in total. The number of aromatic carboxylic acids is 2. The Morgan fingerprint density at radius 1 is 0.775 bits per heavy atom. The molecule has 0 unspecified atom stereocenters. The molecule has 5 rings (SSSR count). The fourth-order valence-electron chi connectivity index (χ4n) is 3.82. The minimum Gasteiger partial charge on any atom is -0.478 e. The third kappa shape index (κ3) is 6.23. The summed E-state index contributed by atoms with van der Waals surface area (Å²) < 4.78 is 5.90. The van der Waals surface area contributed by atoms with Crippen molar-refractivity contribution < 1.29 is 24.5 Å². The number of aromatic nitrogens is 2. The van der Waals surface area contributed by atoms with Gasteiger partial charge in [-0.05, 0) is 66.2 Å². The Hall–Kier alpha value is -4.44. The molecule has 40 heavy (non-hydrogen) atoms. The van der Waals surface area contributed by atoms with Gasteiger partial charge in [0.05, 0.1) is 27.7 Å². The number of benzene rings is 4. The maximum absolute atomic E-state index is 11.3. The molecule has 200 valence electrons. The molecule has 0 aliphatic carbocycles. The molecule has 0 aliphatic heterocycles. The SMILES string of the molecule is O=C(O)c1ccc(CN(c2ccc(Cl)c(Cl)c2)c2nnc(-c3cccc(Oc4cccc(C(=O)O)c4)c3)s2)cc1. The molecule has 0 aliphatic rings. The van der Waals surface area contributed by atoms with Gasteiger partial charge < -0.3 is 19.8 Å². The molecular weight excluding hydrogens is 573 g/mol. The summed E-state index contributed by atoms with van der Waals surface area (Å²) in [7, 11) is 0. The number of carboxylic acids is 2. The van der Waals surface area contributed by atoms with Crippen LogP contribution < -0.4 is 9.64 Å². The van der Waals surface area contributed by atoms with E-state index in [4.69, 9.17) is 27.9 Å². The average Bonchev–Trinajstić information content (AvgIpc) is 3.44. The van der Waals surface area contributed by atoms with E-state index in [1.54, 1.807) is 60.7 Å². The molecule has 0 saturated carbocycles. The van der Waals surface area contributed by atoms with Crippen molar-refractivity contribution in [1.29, 1.82) is 0 Å². The van der Waals surface area contributed by atoms with Crippen molar-refractivity contribution in [3.8, 4) is 22.1 Å². The lowest BCUT2D eigenvalue weighted by molar-refractivity contribution is 0.0686. The van der Waals surface area contributed by atoms with Gasteiger partial charge in [-0.2, -0.15) is 0 Å². The predicted octanol–water partition coefficient (Wildman–Crippen LogP) is 8.04. The number of rotatable bonds is 9. The zero-order valence-corrected chi connectivity index (χ0v) is 22.8. The third-order valence-corrected chi connectivity index (χ3v) is 7.53. The zero-order valence-electron chi connectivity index (χ0n) is 20.5. The summed E-state index contributed by atoms with van der Waals surface area (Å²) in [4.78, 5) is 24.5. The van der Waals surface area contributed by atoms with E-state index in [9.17, 15) is 19.8 Å². The van der Waals surface area contributed by atoms with Crippen LogP contribution in [0, 0.1) is 0 Å². The van der Waals surface area contributed by atoms with Crippen LogP contribution in [0.5, 0.6) is 11.5 Å². The van der Waals surface area contributed by atoms with Crippen LogP contribution in [0.2, 0.25) is 10.0 Å².